The van der Waals surface area contributed by atoms with Crippen LogP contribution < -0.4 is 11.1 Å². The largest absolute Gasteiger partial charge is 0.383 e. The minimum Gasteiger partial charge on any atom is -0.383 e. The van der Waals surface area contributed by atoms with E-state index < -0.39 is 0 Å². The van der Waals surface area contributed by atoms with E-state index in [1.165, 1.54) is 16.2 Å². The molecule has 0 aliphatic carbocycles. The molecule has 0 fully saturated rings. The van der Waals surface area contributed by atoms with Crippen molar-refractivity contribution in [1.29, 1.82) is 0 Å². The zero-order valence-corrected chi connectivity index (χ0v) is 10.4. The molecule has 0 atom stereocenters. The summed E-state index contributed by atoms with van der Waals surface area (Å²) in [6.07, 6.45) is 0. The molecule has 1 heterocycles. The number of hydrogen-bond acceptors (Lipinski definition) is 6. The Bertz CT molecular complexity index is 364. The van der Waals surface area contributed by atoms with Gasteiger partial charge in [-0.05, 0) is 0 Å². The van der Waals surface area contributed by atoms with E-state index in [1.54, 1.807) is 21.2 Å². The number of carbonyl (C=O) groups is 1. The molecule has 0 saturated carbocycles. The van der Waals surface area contributed by atoms with Gasteiger partial charge in [0.15, 0.2) is 5.13 Å². The quantitative estimate of drug-likeness (QED) is 0.737. The maximum atomic E-state index is 11.7. The Morgan fingerprint density at radius 1 is 1.62 bits per heavy atom. The molecule has 0 aromatic carbocycles. The van der Waals surface area contributed by atoms with Gasteiger partial charge in [0.1, 0.15) is 10.7 Å². The number of thiazole rings is 1. The van der Waals surface area contributed by atoms with E-state index in [1.807, 2.05) is 0 Å². The van der Waals surface area contributed by atoms with Crippen LogP contribution in [0.2, 0.25) is 0 Å². The first-order chi connectivity index (χ1) is 7.56. The second-order valence-electron chi connectivity index (χ2n) is 3.35. The molecule has 16 heavy (non-hydrogen) atoms. The van der Waals surface area contributed by atoms with Gasteiger partial charge in [0.25, 0.3) is 5.91 Å². The summed E-state index contributed by atoms with van der Waals surface area (Å²) in [4.78, 5) is 17.7. The van der Waals surface area contributed by atoms with Crippen molar-refractivity contribution in [3.05, 3.63) is 4.88 Å². The summed E-state index contributed by atoms with van der Waals surface area (Å²) in [6, 6.07) is 0. The average molecular weight is 244 g/mol. The van der Waals surface area contributed by atoms with Gasteiger partial charge in [-0.25, -0.2) is 4.98 Å². The predicted molar refractivity (Wildman–Crippen MR) is 64.9 cm³/mol. The van der Waals surface area contributed by atoms with Gasteiger partial charge in [-0.15, -0.1) is 0 Å². The number of rotatable bonds is 5. The highest BCUT2D eigenvalue weighted by Gasteiger charge is 2.17. The molecule has 1 aromatic rings. The Balaban J connectivity index is 2.70. The summed E-state index contributed by atoms with van der Waals surface area (Å²) in [5, 5.41) is 3.67. The minimum atomic E-state index is -0.130. The first-order valence-electron chi connectivity index (χ1n) is 4.77. The topological polar surface area (TPSA) is 80.5 Å². The van der Waals surface area contributed by atoms with Crippen molar-refractivity contribution < 1.29 is 9.53 Å². The summed E-state index contributed by atoms with van der Waals surface area (Å²) >= 11 is 1.25. The molecule has 1 amide bonds. The van der Waals surface area contributed by atoms with Gasteiger partial charge in [0.2, 0.25) is 0 Å². The molecule has 0 saturated heterocycles. The highest BCUT2D eigenvalue weighted by Crippen LogP contribution is 2.25. The van der Waals surface area contributed by atoms with Gasteiger partial charge >= 0.3 is 0 Å². The number of nitrogens with one attached hydrogen (secondary N) is 1. The molecule has 1 rings (SSSR count). The van der Waals surface area contributed by atoms with Crippen LogP contribution in [0.4, 0.5) is 10.9 Å². The zero-order chi connectivity index (χ0) is 12.1. The number of nitrogen functional groups attached to an aromatic ring is 1. The average Bonchev–Trinajstić information content (AvgIpc) is 2.59. The van der Waals surface area contributed by atoms with Crippen molar-refractivity contribution in [2.75, 3.05) is 45.4 Å². The smallest absolute Gasteiger partial charge is 0.267 e. The maximum Gasteiger partial charge on any atom is 0.267 e. The van der Waals surface area contributed by atoms with Gasteiger partial charge in [-0.1, -0.05) is 11.3 Å². The molecule has 3 N–H and O–H groups in total. The van der Waals surface area contributed by atoms with E-state index in [2.05, 4.69) is 10.3 Å². The summed E-state index contributed by atoms with van der Waals surface area (Å²) in [7, 11) is 4.98. The molecule has 0 aliphatic heterocycles. The van der Waals surface area contributed by atoms with Crippen LogP contribution in [0, 0.1) is 0 Å². The van der Waals surface area contributed by atoms with Crippen molar-refractivity contribution in [1.82, 2.24) is 9.88 Å². The fourth-order valence-electron chi connectivity index (χ4n) is 1.02. The molecule has 1 aromatic heterocycles. The van der Waals surface area contributed by atoms with Crippen LogP contribution in [0.25, 0.3) is 0 Å². The third kappa shape index (κ3) is 3.07. The second-order valence-corrected chi connectivity index (χ2v) is 4.35. The number of aromatic nitrogens is 1. The van der Waals surface area contributed by atoms with E-state index in [4.69, 9.17) is 10.5 Å². The number of nitrogens with zero attached hydrogens (tertiary/aromatic N) is 2. The Hall–Kier alpha value is -1.34. The van der Waals surface area contributed by atoms with Crippen LogP contribution in [0.5, 0.6) is 0 Å². The molecule has 0 aliphatic rings. The predicted octanol–water partition coefficient (Wildman–Crippen LogP) is 0.485. The van der Waals surface area contributed by atoms with E-state index in [0.717, 1.165) is 0 Å². The minimum absolute atomic E-state index is 0.130. The van der Waals surface area contributed by atoms with Crippen LogP contribution in [-0.2, 0) is 4.74 Å². The van der Waals surface area contributed by atoms with Crippen LogP contribution in [0.15, 0.2) is 0 Å². The monoisotopic (exact) mass is 244 g/mol. The van der Waals surface area contributed by atoms with Gasteiger partial charge in [0.05, 0.1) is 6.61 Å². The molecular formula is C9H16N4O2S. The molecule has 6 nitrogen and oxygen atoms in total. The Labute approximate surface area is 98.4 Å². The Kier molecular flexibility index (Phi) is 4.51. The van der Waals surface area contributed by atoms with Crippen molar-refractivity contribution in [2.45, 2.75) is 0 Å². The maximum absolute atomic E-state index is 11.7. The fourth-order valence-corrected chi connectivity index (χ4v) is 1.96. The lowest BCUT2D eigenvalue weighted by molar-refractivity contribution is 0.0833. The lowest BCUT2D eigenvalue weighted by Crippen LogP contribution is -2.21. The fraction of sp³-hybridized carbons (Fsp3) is 0.556. The normalized spacial score (nSPS) is 10.2. The van der Waals surface area contributed by atoms with Crippen molar-refractivity contribution in [2.24, 2.45) is 0 Å². The molecule has 0 bridgehead atoms. The van der Waals surface area contributed by atoms with E-state index in [9.17, 15) is 4.79 Å². The lowest BCUT2D eigenvalue weighted by atomic mass is 10.4. The molecule has 0 spiro atoms. The van der Waals surface area contributed by atoms with E-state index >= 15 is 0 Å². The third-order valence-electron chi connectivity index (χ3n) is 1.84. The van der Waals surface area contributed by atoms with Crippen LogP contribution in [-0.4, -0.2) is 50.1 Å². The highest BCUT2D eigenvalue weighted by atomic mass is 32.1. The first kappa shape index (κ1) is 12.7. The summed E-state index contributed by atoms with van der Waals surface area (Å²) in [6.45, 7) is 1.22. The molecular weight excluding hydrogens is 228 g/mol. The number of anilines is 2. The van der Waals surface area contributed by atoms with Gasteiger partial charge < -0.3 is 20.7 Å². The van der Waals surface area contributed by atoms with Gasteiger partial charge in [-0.2, -0.15) is 0 Å². The van der Waals surface area contributed by atoms with Crippen LogP contribution >= 0.6 is 11.3 Å². The zero-order valence-electron chi connectivity index (χ0n) is 9.61. The summed E-state index contributed by atoms with van der Waals surface area (Å²) in [5.41, 5.74) is 5.66. The number of carbonyl (C=O) groups excluding carboxylic acids is 1. The Morgan fingerprint density at radius 3 is 2.88 bits per heavy atom. The summed E-state index contributed by atoms with van der Waals surface area (Å²) < 4.78 is 4.89. The highest BCUT2D eigenvalue weighted by molar-refractivity contribution is 7.18. The van der Waals surface area contributed by atoms with E-state index in [-0.39, 0.29) is 11.7 Å². The SMILES string of the molecule is COCCNc1nc(N)c(C(=O)N(C)C)s1. The van der Waals surface area contributed by atoms with E-state index in [0.29, 0.717) is 23.2 Å². The third-order valence-corrected chi connectivity index (χ3v) is 2.85. The number of methoxy groups -OCH3 is 1. The number of amides is 1. The lowest BCUT2D eigenvalue weighted by Gasteiger charge is -2.07. The van der Waals surface area contributed by atoms with Crippen LogP contribution in [0.1, 0.15) is 9.67 Å². The number of ether oxygens (including phenoxy) is 1. The number of hydrogen-bond donors (Lipinski definition) is 2. The van der Waals surface area contributed by atoms with Crippen molar-refractivity contribution >= 4 is 28.2 Å². The standard InChI is InChI=1S/C9H16N4O2S/c1-13(2)8(14)6-7(10)12-9(16-6)11-4-5-15-3/h4-5,10H2,1-3H3,(H,11,12). The van der Waals surface area contributed by atoms with Crippen molar-refractivity contribution in [3.8, 4) is 0 Å². The van der Waals surface area contributed by atoms with Gasteiger partial charge in [-0.3, -0.25) is 4.79 Å². The first-order valence-corrected chi connectivity index (χ1v) is 5.58. The second kappa shape index (κ2) is 5.66. The van der Waals surface area contributed by atoms with Crippen LogP contribution in [0.3, 0.4) is 0 Å². The molecule has 90 valence electrons. The summed E-state index contributed by atoms with van der Waals surface area (Å²) in [5.74, 6) is 0.137. The molecule has 0 radical (unpaired) electrons. The molecule has 0 unspecified atom stereocenters. The number of nitrogens with two attached hydrogens (primary N) is 1. The Morgan fingerprint density at radius 2 is 2.31 bits per heavy atom. The van der Waals surface area contributed by atoms with Crippen molar-refractivity contribution in [3.63, 3.8) is 0 Å². The van der Waals surface area contributed by atoms with Gasteiger partial charge in [0, 0.05) is 27.7 Å². The molecule has 7 heteroatoms.